The molecule has 0 unspecified atom stereocenters. The Morgan fingerprint density at radius 3 is 2.57 bits per heavy atom. The second-order valence-corrected chi connectivity index (χ2v) is 4.45. The van der Waals surface area contributed by atoms with Crippen molar-refractivity contribution in [3.8, 4) is 5.75 Å². The number of aryl methyl sites for hydroxylation is 1. The maximum atomic E-state index is 11.6. The summed E-state index contributed by atoms with van der Waals surface area (Å²) in [7, 11) is 1.60. The van der Waals surface area contributed by atoms with Crippen molar-refractivity contribution >= 4 is 17.6 Å². The summed E-state index contributed by atoms with van der Waals surface area (Å²) in [6.45, 7) is 3.45. The van der Waals surface area contributed by atoms with Crippen LogP contribution in [0.25, 0.3) is 0 Å². The van der Waals surface area contributed by atoms with Crippen LogP contribution in [0.3, 0.4) is 0 Å². The summed E-state index contributed by atoms with van der Waals surface area (Å²) in [5.74, 6) is 1.05. The molecule has 0 aliphatic rings. The van der Waals surface area contributed by atoms with Crippen LogP contribution in [0.5, 0.6) is 5.75 Å². The summed E-state index contributed by atoms with van der Waals surface area (Å²) in [6.07, 6.45) is 0. The Balaban J connectivity index is 2.18. The Kier molecular flexibility index (Phi) is 4.22. The monoisotopic (exact) mass is 287 g/mol. The molecule has 0 atom stereocenters. The summed E-state index contributed by atoms with van der Waals surface area (Å²) in [4.78, 5) is 22.4. The van der Waals surface area contributed by atoms with E-state index in [4.69, 9.17) is 10.5 Å². The van der Waals surface area contributed by atoms with Gasteiger partial charge in [0.05, 0.1) is 7.11 Å². The van der Waals surface area contributed by atoms with Crippen molar-refractivity contribution in [1.29, 1.82) is 0 Å². The van der Waals surface area contributed by atoms with E-state index in [1.54, 1.807) is 45.2 Å². The van der Waals surface area contributed by atoms with Crippen LogP contribution in [-0.4, -0.2) is 23.0 Å². The summed E-state index contributed by atoms with van der Waals surface area (Å²) < 4.78 is 5.07. The lowest BCUT2D eigenvalue weighted by Crippen LogP contribution is -2.23. The van der Waals surface area contributed by atoms with E-state index in [0.717, 1.165) is 11.4 Å². The molecule has 1 heterocycles. The molecule has 0 spiro atoms. The van der Waals surface area contributed by atoms with Gasteiger partial charge >= 0.3 is 0 Å². The van der Waals surface area contributed by atoms with E-state index < -0.39 is 0 Å². The zero-order valence-corrected chi connectivity index (χ0v) is 12.1. The van der Waals surface area contributed by atoms with E-state index >= 15 is 0 Å². The van der Waals surface area contributed by atoms with Gasteiger partial charge < -0.3 is 15.8 Å². The van der Waals surface area contributed by atoms with Gasteiger partial charge in [-0.3, -0.25) is 9.78 Å². The molecule has 0 aliphatic heterocycles. The quantitative estimate of drug-likeness (QED) is 0.585. The van der Waals surface area contributed by atoms with Gasteiger partial charge in [-0.05, 0) is 38.1 Å². The third kappa shape index (κ3) is 3.59. The lowest BCUT2D eigenvalue weighted by atomic mass is 10.3. The van der Waals surface area contributed by atoms with E-state index in [2.05, 4.69) is 20.3 Å². The summed E-state index contributed by atoms with van der Waals surface area (Å²) in [5, 5.41) is 2.91. The van der Waals surface area contributed by atoms with E-state index in [1.165, 1.54) is 0 Å². The molecule has 0 aliphatic carbocycles. The van der Waals surface area contributed by atoms with E-state index in [1.807, 2.05) is 0 Å². The first-order valence-electron chi connectivity index (χ1n) is 6.32. The Morgan fingerprint density at radius 1 is 1.33 bits per heavy atom. The van der Waals surface area contributed by atoms with Gasteiger partial charge in [0, 0.05) is 16.9 Å². The number of nitrogens with zero attached hydrogens (tertiary/aromatic N) is 2. The van der Waals surface area contributed by atoms with Crippen molar-refractivity contribution in [3.05, 3.63) is 45.9 Å². The molecule has 0 saturated carbocycles. The van der Waals surface area contributed by atoms with Crippen molar-refractivity contribution in [2.24, 2.45) is 10.7 Å². The van der Waals surface area contributed by atoms with Gasteiger partial charge in [-0.15, -0.1) is 0 Å². The Bertz CT molecular complexity index is 719. The van der Waals surface area contributed by atoms with E-state index in [0.29, 0.717) is 11.3 Å². The molecule has 0 fully saturated rings. The van der Waals surface area contributed by atoms with Gasteiger partial charge in [-0.2, -0.15) is 4.99 Å². The van der Waals surface area contributed by atoms with Crippen molar-refractivity contribution < 1.29 is 4.74 Å². The number of anilines is 1. The molecular weight excluding hydrogens is 270 g/mol. The minimum atomic E-state index is -0.224. The molecular formula is C14H17N5O2. The minimum Gasteiger partial charge on any atom is -0.497 e. The highest BCUT2D eigenvalue weighted by atomic mass is 16.5. The smallest absolute Gasteiger partial charge is 0.255 e. The number of aromatic amines is 1. The lowest BCUT2D eigenvalue weighted by Gasteiger charge is -2.06. The number of aromatic nitrogens is 2. The van der Waals surface area contributed by atoms with Crippen LogP contribution in [0.4, 0.5) is 11.6 Å². The molecule has 110 valence electrons. The fourth-order valence-corrected chi connectivity index (χ4v) is 1.65. The van der Waals surface area contributed by atoms with E-state index in [9.17, 15) is 4.79 Å². The lowest BCUT2D eigenvalue weighted by molar-refractivity contribution is 0.415. The molecule has 0 saturated heterocycles. The topological polar surface area (TPSA) is 105 Å². The molecule has 0 amide bonds. The number of nitrogens with one attached hydrogen (secondary N) is 2. The van der Waals surface area contributed by atoms with Crippen LogP contribution in [0.15, 0.2) is 34.1 Å². The largest absolute Gasteiger partial charge is 0.497 e. The number of methoxy groups -OCH3 is 1. The van der Waals surface area contributed by atoms with Gasteiger partial charge in [0.1, 0.15) is 5.75 Å². The van der Waals surface area contributed by atoms with Crippen molar-refractivity contribution in [2.45, 2.75) is 13.8 Å². The van der Waals surface area contributed by atoms with Crippen LogP contribution < -0.4 is 21.3 Å². The SMILES string of the molecule is COc1ccc(NC(N)=Nc2nc(C)c(C)c(=O)[nH]2)cc1. The van der Waals surface area contributed by atoms with Crippen LogP contribution in [0.1, 0.15) is 11.3 Å². The number of hydrogen-bond donors (Lipinski definition) is 3. The summed E-state index contributed by atoms with van der Waals surface area (Å²) in [5.41, 5.74) is 7.51. The third-order valence-corrected chi connectivity index (χ3v) is 2.97. The molecule has 0 radical (unpaired) electrons. The summed E-state index contributed by atoms with van der Waals surface area (Å²) >= 11 is 0. The Morgan fingerprint density at radius 2 is 2.00 bits per heavy atom. The number of aliphatic imine (C=N–C) groups is 1. The first-order valence-corrected chi connectivity index (χ1v) is 6.32. The molecule has 21 heavy (non-hydrogen) atoms. The molecule has 2 rings (SSSR count). The van der Waals surface area contributed by atoms with E-state index in [-0.39, 0.29) is 17.5 Å². The molecule has 0 bridgehead atoms. The first-order chi connectivity index (χ1) is 9.99. The van der Waals surface area contributed by atoms with Gasteiger partial charge in [0.15, 0.2) is 0 Å². The second-order valence-electron chi connectivity index (χ2n) is 4.45. The highest BCUT2D eigenvalue weighted by Crippen LogP contribution is 2.15. The predicted octanol–water partition coefficient (Wildman–Crippen LogP) is 1.45. The second kappa shape index (κ2) is 6.08. The highest BCUT2D eigenvalue weighted by molar-refractivity contribution is 5.93. The zero-order chi connectivity index (χ0) is 15.4. The van der Waals surface area contributed by atoms with Crippen molar-refractivity contribution in [3.63, 3.8) is 0 Å². The van der Waals surface area contributed by atoms with Gasteiger partial charge in [-0.1, -0.05) is 0 Å². The normalized spacial score (nSPS) is 11.3. The van der Waals surface area contributed by atoms with Crippen LogP contribution in [0.2, 0.25) is 0 Å². The number of ether oxygens (including phenoxy) is 1. The number of H-pyrrole nitrogens is 1. The zero-order valence-electron chi connectivity index (χ0n) is 12.1. The fourth-order valence-electron chi connectivity index (χ4n) is 1.65. The number of rotatable bonds is 3. The highest BCUT2D eigenvalue weighted by Gasteiger charge is 2.03. The van der Waals surface area contributed by atoms with Gasteiger partial charge in [-0.25, -0.2) is 4.98 Å². The number of benzene rings is 1. The molecule has 1 aromatic carbocycles. The molecule has 1 aromatic heterocycles. The number of guanidine groups is 1. The van der Waals surface area contributed by atoms with Crippen molar-refractivity contribution in [2.75, 3.05) is 12.4 Å². The maximum absolute atomic E-state index is 11.6. The minimum absolute atomic E-state index is 0.131. The maximum Gasteiger partial charge on any atom is 0.255 e. The Hall–Kier alpha value is -2.83. The van der Waals surface area contributed by atoms with Crippen LogP contribution >= 0.6 is 0 Å². The number of hydrogen-bond acceptors (Lipinski definition) is 4. The molecule has 4 N–H and O–H groups in total. The molecule has 2 aromatic rings. The van der Waals surface area contributed by atoms with Crippen LogP contribution in [0, 0.1) is 13.8 Å². The molecule has 7 nitrogen and oxygen atoms in total. The molecule has 7 heteroatoms. The predicted molar refractivity (Wildman–Crippen MR) is 82.2 cm³/mol. The van der Waals surface area contributed by atoms with Crippen molar-refractivity contribution in [1.82, 2.24) is 9.97 Å². The van der Waals surface area contributed by atoms with Gasteiger partial charge in [0.2, 0.25) is 11.9 Å². The first kappa shape index (κ1) is 14.6. The number of nitrogens with two attached hydrogens (primary N) is 1. The third-order valence-electron chi connectivity index (χ3n) is 2.97. The average Bonchev–Trinajstić information content (AvgIpc) is 2.45. The fraction of sp³-hybridized carbons (Fsp3) is 0.214. The standard InChI is InChI=1S/C14H17N5O2/c1-8-9(2)16-14(18-12(8)20)19-13(15)17-10-4-6-11(21-3)7-5-10/h4-7H,1-3H3,(H4,15,16,17,18,19,20). The Labute approximate surface area is 121 Å². The van der Waals surface area contributed by atoms with Gasteiger partial charge in [0.25, 0.3) is 5.56 Å². The summed E-state index contributed by atoms with van der Waals surface area (Å²) in [6, 6.07) is 7.20. The average molecular weight is 287 g/mol. The van der Waals surface area contributed by atoms with Crippen LogP contribution in [-0.2, 0) is 0 Å².